The van der Waals surface area contributed by atoms with Gasteiger partial charge in [-0.3, -0.25) is 18.6 Å². The van der Waals surface area contributed by atoms with E-state index in [4.69, 9.17) is 4.74 Å². The molecular weight excluding hydrogens is 557 g/mol. The van der Waals surface area contributed by atoms with Crippen molar-refractivity contribution in [3.05, 3.63) is 33.9 Å². The van der Waals surface area contributed by atoms with Crippen molar-refractivity contribution in [1.29, 1.82) is 0 Å². The standard InChI is InChI=1S/C19H25FN4O12P2/c1-21-4-6-23(7-5-21)14-12(20)8-10-13(16(14)35-3)24(9-11(15(10)25)17(26)27)22(2)18(28)36-19(37(29,30)31)38(32,33)34/h8-9,19H,4-7H2,1-3H3,(H,26,27)(H2,29,30,31)(H2,32,33,34). The van der Waals surface area contributed by atoms with Gasteiger partial charge in [0.15, 0.2) is 11.6 Å². The summed E-state index contributed by atoms with van der Waals surface area (Å²) in [5, 5.41) is 9.38. The number of carboxylic acid groups (broad SMARTS) is 1. The number of carbonyl (C=O) groups is 2. The molecule has 1 aliphatic heterocycles. The predicted molar refractivity (Wildman–Crippen MR) is 130 cm³/mol. The second-order valence-electron chi connectivity index (χ2n) is 8.36. The highest BCUT2D eigenvalue weighted by molar-refractivity contribution is 7.70. The van der Waals surface area contributed by atoms with Gasteiger partial charge in [-0.25, -0.2) is 19.0 Å². The number of hydrogen-bond acceptors (Lipinski definition) is 9. The van der Waals surface area contributed by atoms with Crippen LogP contribution < -0.4 is 20.1 Å². The minimum absolute atomic E-state index is 0.102. The number of benzene rings is 1. The van der Waals surface area contributed by atoms with Crippen molar-refractivity contribution < 1.29 is 57.3 Å². The Hall–Kier alpha value is -3.04. The molecule has 210 valence electrons. The van der Waals surface area contributed by atoms with Gasteiger partial charge in [0, 0.05) is 39.4 Å². The topological polar surface area (TPSA) is 220 Å². The van der Waals surface area contributed by atoms with Crippen molar-refractivity contribution in [3.63, 3.8) is 0 Å². The van der Waals surface area contributed by atoms with Crippen LogP contribution in [-0.4, -0.2) is 99.3 Å². The van der Waals surface area contributed by atoms with Gasteiger partial charge < -0.3 is 44.0 Å². The molecule has 0 saturated carbocycles. The normalized spacial score (nSPS) is 15.1. The van der Waals surface area contributed by atoms with Crippen LogP contribution in [0.3, 0.4) is 0 Å². The second kappa shape index (κ2) is 10.6. The quantitative estimate of drug-likeness (QED) is 0.270. The lowest BCUT2D eigenvalue weighted by molar-refractivity contribution is 0.0694. The van der Waals surface area contributed by atoms with Crippen LogP contribution >= 0.6 is 15.2 Å². The maximum absolute atomic E-state index is 15.4. The average molecular weight is 582 g/mol. The number of carboxylic acids is 1. The van der Waals surface area contributed by atoms with Gasteiger partial charge in [0.1, 0.15) is 16.8 Å². The number of pyridine rings is 1. The van der Waals surface area contributed by atoms with Crippen molar-refractivity contribution in [3.8, 4) is 5.75 Å². The summed E-state index contributed by atoms with van der Waals surface area (Å²) in [6.07, 6.45) is -1.10. The van der Waals surface area contributed by atoms with E-state index in [0.29, 0.717) is 42.1 Å². The highest BCUT2D eigenvalue weighted by atomic mass is 31.2. The molecule has 0 radical (unpaired) electrons. The lowest BCUT2D eigenvalue weighted by Gasteiger charge is -2.35. The number of fused-ring (bicyclic) bond motifs is 1. The Morgan fingerprint density at radius 2 is 1.66 bits per heavy atom. The number of piperazine rings is 1. The molecule has 1 aliphatic rings. The first-order valence-electron chi connectivity index (χ1n) is 10.7. The molecule has 0 aliphatic carbocycles. The molecule has 1 aromatic carbocycles. The molecule has 5 N–H and O–H groups in total. The zero-order chi connectivity index (χ0) is 28.7. The van der Waals surface area contributed by atoms with Gasteiger partial charge in [-0.05, 0) is 13.1 Å². The van der Waals surface area contributed by atoms with Crippen molar-refractivity contribution in [2.24, 2.45) is 0 Å². The van der Waals surface area contributed by atoms with Crippen LogP contribution in [-0.2, 0) is 13.9 Å². The van der Waals surface area contributed by atoms with Crippen molar-refractivity contribution in [1.82, 2.24) is 9.58 Å². The fourth-order valence-corrected chi connectivity index (χ4v) is 5.91. The number of hydrogen-bond donors (Lipinski definition) is 5. The number of nitrogens with zero attached hydrogens (tertiary/aromatic N) is 4. The Balaban J connectivity index is 2.28. The number of likely N-dealkylation sites (N-methyl/N-ethyl adjacent to an activating group) is 1. The second-order valence-corrected chi connectivity index (χ2v) is 12.1. The highest BCUT2D eigenvalue weighted by Crippen LogP contribution is 2.60. The van der Waals surface area contributed by atoms with Gasteiger partial charge in [-0.15, -0.1) is 0 Å². The van der Waals surface area contributed by atoms with E-state index in [-0.39, 0.29) is 17.0 Å². The molecule has 19 heteroatoms. The van der Waals surface area contributed by atoms with Crippen molar-refractivity contribution in [2.45, 2.75) is 5.59 Å². The summed E-state index contributed by atoms with van der Waals surface area (Å²) in [5.74, 6) is -2.95. The van der Waals surface area contributed by atoms with Gasteiger partial charge in [-0.2, -0.15) is 0 Å². The largest absolute Gasteiger partial charge is 0.492 e. The van der Waals surface area contributed by atoms with E-state index in [1.165, 1.54) is 0 Å². The van der Waals surface area contributed by atoms with Crippen LogP contribution in [0.4, 0.5) is 14.9 Å². The molecule has 2 aromatic rings. The molecule has 1 fully saturated rings. The predicted octanol–water partition coefficient (Wildman–Crippen LogP) is -0.0574. The van der Waals surface area contributed by atoms with E-state index in [0.717, 1.165) is 20.2 Å². The number of methoxy groups -OCH3 is 1. The zero-order valence-corrected chi connectivity index (χ0v) is 22.0. The molecule has 16 nitrogen and oxygen atoms in total. The Bertz CT molecular complexity index is 1410. The molecule has 0 atom stereocenters. The van der Waals surface area contributed by atoms with E-state index in [1.54, 1.807) is 4.90 Å². The summed E-state index contributed by atoms with van der Waals surface area (Å²) >= 11 is 0. The number of anilines is 1. The van der Waals surface area contributed by atoms with Crippen LogP contribution in [0.2, 0.25) is 0 Å². The fraction of sp³-hybridized carbons (Fsp3) is 0.421. The third-order valence-electron chi connectivity index (χ3n) is 5.78. The molecule has 1 saturated heterocycles. The molecule has 3 rings (SSSR count). The molecule has 0 spiro atoms. The van der Waals surface area contributed by atoms with E-state index in [9.17, 15) is 48.2 Å². The Kier molecular flexibility index (Phi) is 8.24. The number of halogens is 1. The summed E-state index contributed by atoms with van der Waals surface area (Å²) in [6, 6.07) is 0.768. The summed E-state index contributed by atoms with van der Waals surface area (Å²) in [6.45, 7) is 1.78. The maximum Gasteiger partial charge on any atom is 0.430 e. The SMILES string of the molecule is COc1c(N2CCN(C)CC2)c(F)cc2c(=O)c(C(=O)O)cn(N(C)C(=O)OC(P(=O)(O)O)P(=O)(O)O)c12. The van der Waals surface area contributed by atoms with Gasteiger partial charge in [0.25, 0.3) is 0 Å². The summed E-state index contributed by atoms with van der Waals surface area (Å²) < 4.78 is 49.0. The molecular formula is C19H25FN4O12P2. The van der Waals surface area contributed by atoms with Crippen LogP contribution in [0, 0.1) is 5.82 Å². The van der Waals surface area contributed by atoms with Gasteiger partial charge >= 0.3 is 32.8 Å². The van der Waals surface area contributed by atoms with Crippen LogP contribution in [0.25, 0.3) is 10.9 Å². The van der Waals surface area contributed by atoms with Gasteiger partial charge in [0.2, 0.25) is 5.43 Å². The fourth-order valence-electron chi connectivity index (χ4n) is 3.89. The van der Waals surface area contributed by atoms with E-state index < -0.39 is 55.0 Å². The van der Waals surface area contributed by atoms with Gasteiger partial charge in [-0.1, -0.05) is 0 Å². The lowest BCUT2D eigenvalue weighted by atomic mass is 10.1. The van der Waals surface area contributed by atoms with Crippen molar-refractivity contribution in [2.75, 3.05) is 57.3 Å². The van der Waals surface area contributed by atoms with Crippen LogP contribution in [0.15, 0.2) is 17.1 Å². The van der Waals surface area contributed by atoms with E-state index >= 15 is 4.39 Å². The lowest BCUT2D eigenvalue weighted by Crippen LogP contribution is -2.45. The number of amides is 1. The monoisotopic (exact) mass is 582 g/mol. The number of rotatable bonds is 7. The molecule has 0 bridgehead atoms. The highest BCUT2D eigenvalue weighted by Gasteiger charge is 2.47. The minimum Gasteiger partial charge on any atom is -0.492 e. The molecule has 38 heavy (non-hydrogen) atoms. The summed E-state index contributed by atoms with van der Waals surface area (Å²) in [7, 11) is -7.48. The first-order valence-corrected chi connectivity index (χ1v) is 14.0. The van der Waals surface area contributed by atoms with E-state index in [1.807, 2.05) is 11.9 Å². The van der Waals surface area contributed by atoms with E-state index in [2.05, 4.69) is 4.74 Å². The smallest absolute Gasteiger partial charge is 0.430 e. The third kappa shape index (κ3) is 5.68. The first-order chi connectivity index (χ1) is 17.5. The minimum atomic E-state index is -5.69. The number of ether oxygens (including phenoxy) is 2. The van der Waals surface area contributed by atoms with Gasteiger partial charge in [0.05, 0.1) is 12.5 Å². The maximum atomic E-state index is 15.4. The van der Waals surface area contributed by atoms with Crippen LogP contribution in [0.1, 0.15) is 10.4 Å². The Labute approximate surface area is 213 Å². The molecule has 1 aromatic heterocycles. The Morgan fingerprint density at radius 1 is 1.11 bits per heavy atom. The molecule has 2 heterocycles. The van der Waals surface area contributed by atoms with Crippen LogP contribution in [0.5, 0.6) is 5.75 Å². The molecule has 1 amide bonds. The average Bonchev–Trinajstić information content (AvgIpc) is 2.80. The third-order valence-corrected chi connectivity index (χ3v) is 8.94. The van der Waals surface area contributed by atoms with Crippen molar-refractivity contribution >= 4 is 43.8 Å². The Morgan fingerprint density at radius 3 is 2.13 bits per heavy atom. The summed E-state index contributed by atoms with van der Waals surface area (Å²) in [5.41, 5.74) is -5.64. The first kappa shape index (κ1) is 29.5. The number of aromatic carboxylic acids is 1. The summed E-state index contributed by atoms with van der Waals surface area (Å²) in [4.78, 5) is 78.2. The molecule has 0 unspecified atom stereocenters. The zero-order valence-electron chi connectivity index (χ0n) is 20.2. The number of carbonyl (C=O) groups excluding carboxylic acids is 1. The number of aromatic nitrogens is 1.